The van der Waals surface area contributed by atoms with E-state index in [1.807, 2.05) is 6.20 Å². The van der Waals surface area contributed by atoms with Gasteiger partial charge in [-0.25, -0.2) is 9.97 Å². The van der Waals surface area contributed by atoms with E-state index < -0.39 is 0 Å². The Balaban J connectivity index is 1.50. The lowest BCUT2D eigenvalue weighted by atomic mass is 9.99. The van der Waals surface area contributed by atoms with Crippen molar-refractivity contribution in [2.24, 2.45) is 0 Å². The molecule has 4 rings (SSSR count). The van der Waals surface area contributed by atoms with Crippen LogP contribution in [0.2, 0.25) is 0 Å². The number of nitrogens with one attached hydrogen (secondary N) is 1. The van der Waals surface area contributed by atoms with Gasteiger partial charge in [0.1, 0.15) is 0 Å². The van der Waals surface area contributed by atoms with Crippen molar-refractivity contribution in [2.45, 2.75) is 18.9 Å². The molecule has 1 fully saturated rings. The zero-order valence-corrected chi connectivity index (χ0v) is 11.9. The van der Waals surface area contributed by atoms with Crippen LogP contribution in [0.25, 0.3) is 11.2 Å². The molecule has 21 heavy (non-hydrogen) atoms. The molecule has 1 aromatic carbocycles. The van der Waals surface area contributed by atoms with Crippen molar-refractivity contribution in [2.75, 3.05) is 13.1 Å². The molecule has 1 aliphatic rings. The first-order valence-electron chi connectivity index (χ1n) is 7.44. The number of H-pyrrole nitrogens is 1. The number of hydrogen-bond acceptors (Lipinski definition) is 3. The lowest BCUT2D eigenvalue weighted by Gasteiger charge is -2.16. The minimum Gasteiger partial charge on any atom is -0.343 e. The first-order valence-corrected chi connectivity index (χ1v) is 7.44. The average Bonchev–Trinajstić information content (AvgIpc) is 3.17. The van der Waals surface area contributed by atoms with Gasteiger partial charge in [-0.3, -0.25) is 4.90 Å². The van der Waals surface area contributed by atoms with Gasteiger partial charge in [0.05, 0.1) is 11.8 Å². The van der Waals surface area contributed by atoms with E-state index in [4.69, 9.17) is 0 Å². The highest BCUT2D eigenvalue weighted by molar-refractivity contribution is 5.73. The Morgan fingerprint density at radius 3 is 2.95 bits per heavy atom. The number of rotatable bonds is 3. The molecule has 2 aromatic heterocycles. The predicted octanol–water partition coefficient (Wildman–Crippen LogP) is 2.95. The number of imidazole rings is 1. The van der Waals surface area contributed by atoms with Crippen molar-refractivity contribution in [3.8, 4) is 0 Å². The van der Waals surface area contributed by atoms with Gasteiger partial charge in [-0.2, -0.15) is 0 Å². The van der Waals surface area contributed by atoms with Crippen molar-refractivity contribution < 1.29 is 0 Å². The number of hydrogen-bond donors (Lipinski definition) is 1. The Morgan fingerprint density at radius 1 is 1.14 bits per heavy atom. The number of aromatic amines is 1. The van der Waals surface area contributed by atoms with Crippen LogP contribution in [0.5, 0.6) is 0 Å². The Labute approximate surface area is 123 Å². The van der Waals surface area contributed by atoms with Gasteiger partial charge in [-0.05, 0) is 36.1 Å². The van der Waals surface area contributed by atoms with Gasteiger partial charge >= 0.3 is 0 Å². The van der Waals surface area contributed by atoms with Gasteiger partial charge in [-0.1, -0.05) is 30.3 Å². The summed E-state index contributed by atoms with van der Waals surface area (Å²) in [5, 5.41) is 0. The van der Waals surface area contributed by atoms with Crippen LogP contribution in [0.1, 0.15) is 23.5 Å². The Hall–Kier alpha value is -2.20. The SMILES string of the molecule is c1ccc(C2CCN(Cc3ccnc4nc[nH]c34)C2)cc1. The minimum absolute atomic E-state index is 0.658. The van der Waals surface area contributed by atoms with Crippen molar-refractivity contribution in [3.05, 3.63) is 60.0 Å². The van der Waals surface area contributed by atoms with Crippen LogP contribution in [-0.2, 0) is 6.54 Å². The normalized spacial score (nSPS) is 19.3. The van der Waals surface area contributed by atoms with Crippen molar-refractivity contribution in [1.29, 1.82) is 0 Å². The number of pyridine rings is 1. The van der Waals surface area contributed by atoms with E-state index in [9.17, 15) is 0 Å². The molecule has 1 N–H and O–H groups in total. The average molecular weight is 278 g/mol. The third kappa shape index (κ3) is 2.43. The van der Waals surface area contributed by atoms with Crippen LogP contribution in [0.3, 0.4) is 0 Å². The summed E-state index contributed by atoms with van der Waals surface area (Å²) in [6, 6.07) is 12.9. The lowest BCUT2D eigenvalue weighted by Crippen LogP contribution is -2.20. The molecule has 0 saturated carbocycles. The molecule has 1 atom stereocenters. The summed E-state index contributed by atoms with van der Waals surface area (Å²) in [6.45, 7) is 3.24. The van der Waals surface area contributed by atoms with Gasteiger partial charge in [0, 0.05) is 19.3 Å². The van der Waals surface area contributed by atoms with Crippen LogP contribution in [0.15, 0.2) is 48.9 Å². The molecule has 0 radical (unpaired) electrons. The second-order valence-electron chi connectivity index (χ2n) is 5.70. The molecular formula is C17H18N4. The first-order chi connectivity index (χ1) is 10.4. The second-order valence-corrected chi connectivity index (χ2v) is 5.70. The van der Waals surface area contributed by atoms with Crippen LogP contribution in [0.4, 0.5) is 0 Å². The molecule has 0 aliphatic carbocycles. The minimum atomic E-state index is 0.658. The molecule has 4 nitrogen and oxygen atoms in total. The van der Waals surface area contributed by atoms with Gasteiger partial charge < -0.3 is 4.98 Å². The highest BCUT2D eigenvalue weighted by Gasteiger charge is 2.24. The Kier molecular flexibility index (Phi) is 3.16. The maximum absolute atomic E-state index is 4.28. The third-order valence-electron chi connectivity index (χ3n) is 4.35. The number of nitrogens with zero attached hydrogens (tertiary/aromatic N) is 3. The highest BCUT2D eigenvalue weighted by atomic mass is 15.1. The quantitative estimate of drug-likeness (QED) is 0.801. The predicted molar refractivity (Wildman–Crippen MR) is 83.0 cm³/mol. The van der Waals surface area contributed by atoms with Crippen LogP contribution < -0.4 is 0 Å². The topological polar surface area (TPSA) is 44.8 Å². The fourth-order valence-corrected chi connectivity index (χ4v) is 3.25. The summed E-state index contributed by atoms with van der Waals surface area (Å²) in [4.78, 5) is 14.2. The van der Waals surface area contributed by atoms with Crippen molar-refractivity contribution in [3.63, 3.8) is 0 Å². The smallest absolute Gasteiger partial charge is 0.177 e. The van der Waals surface area contributed by atoms with Gasteiger partial charge in [-0.15, -0.1) is 0 Å². The van der Waals surface area contributed by atoms with E-state index >= 15 is 0 Å². The molecule has 1 aliphatic heterocycles. The molecule has 4 heteroatoms. The lowest BCUT2D eigenvalue weighted by molar-refractivity contribution is 0.328. The summed E-state index contributed by atoms with van der Waals surface area (Å²) >= 11 is 0. The largest absolute Gasteiger partial charge is 0.343 e. The van der Waals surface area contributed by atoms with Crippen molar-refractivity contribution in [1.82, 2.24) is 19.9 Å². The van der Waals surface area contributed by atoms with Gasteiger partial charge in [0.25, 0.3) is 0 Å². The summed E-state index contributed by atoms with van der Waals surface area (Å²) in [6.07, 6.45) is 4.81. The molecule has 1 saturated heterocycles. The maximum Gasteiger partial charge on any atom is 0.177 e. The first kappa shape index (κ1) is 12.5. The van der Waals surface area contributed by atoms with E-state index in [1.54, 1.807) is 6.33 Å². The van der Waals surface area contributed by atoms with Crippen molar-refractivity contribution >= 4 is 11.2 Å². The van der Waals surface area contributed by atoms with Crippen LogP contribution in [-0.4, -0.2) is 32.9 Å². The highest BCUT2D eigenvalue weighted by Crippen LogP contribution is 2.28. The second kappa shape index (κ2) is 5.30. The number of aromatic nitrogens is 3. The molecule has 106 valence electrons. The van der Waals surface area contributed by atoms with E-state index in [0.29, 0.717) is 5.92 Å². The molecule has 0 spiro atoms. The summed E-state index contributed by atoms with van der Waals surface area (Å²) in [5.41, 5.74) is 4.62. The molecular weight excluding hydrogens is 260 g/mol. The van der Waals surface area contributed by atoms with E-state index in [1.165, 1.54) is 17.5 Å². The zero-order valence-electron chi connectivity index (χ0n) is 11.9. The number of benzene rings is 1. The fraction of sp³-hybridized carbons (Fsp3) is 0.294. The van der Waals surface area contributed by atoms with E-state index in [-0.39, 0.29) is 0 Å². The third-order valence-corrected chi connectivity index (χ3v) is 4.35. The van der Waals surface area contributed by atoms with Crippen LogP contribution >= 0.6 is 0 Å². The molecule has 3 heterocycles. The monoisotopic (exact) mass is 278 g/mol. The molecule has 0 amide bonds. The fourth-order valence-electron chi connectivity index (χ4n) is 3.25. The summed E-state index contributed by atoms with van der Waals surface area (Å²) < 4.78 is 0. The van der Waals surface area contributed by atoms with Crippen LogP contribution in [0, 0.1) is 0 Å². The summed E-state index contributed by atoms with van der Waals surface area (Å²) in [7, 11) is 0. The summed E-state index contributed by atoms with van der Waals surface area (Å²) in [5.74, 6) is 0.658. The molecule has 3 aromatic rings. The van der Waals surface area contributed by atoms with Gasteiger partial charge in [0.2, 0.25) is 0 Å². The maximum atomic E-state index is 4.28. The molecule has 0 bridgehead atoms. The van der Waals surface area contributed by atoms with Gasteiger partial charge in [0.15, 0.2) is 5.65 Å². The standard InChI is InChI=1S/C17H18N4/c1-2-4-13(5-3-1)14-7-9-21(10-14)11-15-6-8-18-17-16(15)19-12-20-17/h1-6,8,12,14H,7,9-11H2,(H,18,19,20). The number of likely N-dealkylation sites (tertiary alicyclic amines) is 1. The Morgan fingerprint density at radius 2 is 2.05 bits per heavy atom. The number of fused-ring (bicyclic) bond motifs is 1. The van der Waals surface area contributed by atoms with E-state index in [2.05, 4.69) is 56.3 Å². The zero-order chi connectivity index (χ0) is 14.1. The Bertz CT molecular complexity index is 735. The molecule has 1 unspecified atom stereocenters. The van der Waals surface area contributed by atoms with E-state index in [0.717, 1.165) is 30.8 Å².